The standard InChI is InChI=1S/C16H20N2O3/c1-10(2)11(3)18-14(8-9-15(19)20)17-13-7-5-4-6-12(13)16(18)21/h4-7,10-11H,8-9H2,1-3H3,(H,19,20). The van der Waals surface area contributed by atoms with Crippen molar-refractivity contribution in [1.29, 1.82) is 0 Å². The summed E-state index contributed by atoms with van der Waals surface area (Å²) in [6.07, 6.45) is 0.224. The molecule has 21 heavy (non-hydrogen) atoms. The van der Waals surface area contributed by atoms with Gasteiger partial charge in [0.15, 0.2) is 0 Å². The highest BCUT2D eigenvalue weighted by Crippen LogP contribution is 2.19. The number of carbonyl (C=O) groups is 1. The monoisotopic (exact) mass is 288 g/mol. The predicted molar refractivity (Wildman–Crippen MR) is 81.5 cm³/mol. The number of benzene rings is 1. The van der Waals surface area contributed by atoms with Crippen molar-refractivity contribution in [2.75, 3.05) is 0 Å². The van der Waals surface area contributed by atoms with Gasteiger partial charge in [-0.2, -0.15) is 0 Å². The molecule has 1 N–H and O–H groups in total. The molecule has 0 amide bonds. The number of rotatable bonds is 5. The Labute approximate surface area is 123 Å². The Morgan fingerprint density at radius 2 is 1.95 bits per heavy atom. The molecule has 1 aromatic heterocycles. The highest BCUT2D eigenvalue weighted by atomic mass is 16.4. The zero-order chi connectivity index (χ0) is 15.6. The van der Waals surface area contributed by atoms with E-state index in [0.29, 0.717) is 16.7 Å². The smallest absolute Gasteiger partial charge is 0.303 e. The highest BCUT2D eigenvalue weighted by molar-refractivity contribution is 5.77. The Morgan fingerprint density at radius 1 is 1.29 bits per heavy atom. The van der Waals surface area contributed by atoms with Gasteiger partial charge in [0.05, 0.1) is 17.3 Å². The first-order chi connectivity index (χ1) is 9.91. The third-order valence-corrected chi connectivity index (χ3v) is 3.82. The lowest BCUT2D eigenvalue weighted by atomic mass is 10.1. The van der Waals surface area contributed by atoms with E-state index in [4.69, 9.17) is 5.11 Å². The van der Waals surface area contributed by atoms with Crippen molar-refractivity contribution in [1.82, 2.24) is 9.55 Å². The lowest BCUT2D eigenvalue weighted by Gasteiger charge is -2.22. The van der Waals surface area contributed by atoms with E-state index in [-0.39, 0.29) is 30.4 Å². The number of carboxylic acids is 1. The van der Waals surface area contributed by atoms with Gasteiger partial charge in [-0.05, 0) is 25.0 Å². The molecule has 0 aliphatic heterocycles. The maximum absolute atomic E-state index is 12.7. The van der Waals surface area contributed by atoms with Crippen molar-refractivity contribution >= 4 is 16.9 Å². The summed E-state index contributed by atoms with van der Waals surface area (Å²) in [6, 6.07) is 7.15. The average Bonchev–Trinajstić information content (AvgIpc) is 2.44. The minimum atomic E-state index is -0.888. The van der Waals surface area contributed by atoms with E-state index in [1.165, 1.54) is 0 Å². The molecule has 2 rings (SSSR count). The molecule has 2 aromatic rings. The van der Waals surface area contributed by atoms with Gasteiger partial charge in [-0.25, -0.2) is 4.98 Å². The molecule has 0 bridgehead atoms. The fraction of sp³-hybridized carbons (Fsp3) is 0.438. The molecular formula is C16H20N2O3. The Hall–Kier alpha value is -2.17. The van der Waals surface area contributed by atoms with Crippen LogP contribution in [0, 0.1) is 5.92 Å². The zero-order valence-electron chi connectivity index (χ0n) is 12.5. The van der Waals surface area contributed by atoms with Crippen LogP contribution in [-0.4, -0.2) is 20.6 Å². The van der Waals surface area contributed by atoms with Crippen LogP contribution in [-0.2, 0) is 11.2 Å². The lowest BCUT2D eigenvalue weighted by Crippen LogP contribution is -2.30. The van der Waals surface area contributed by atoms with E-state index in [0.717, 1.165) is 0 Å². The van der Waals surface area contributed by atoms with E-state index in [1.54, 1.807) is 16.7 Å². The van der Waals surface area contributed by atoms with Crippen molar-refractivity contribution in [2.24, 2.45) is 5.92 Å². The fourth-order valence-electron chi connectivity index (χ4n) is 2.31. The Morgan fingerprint density at radius 3 is 2.57 bits per heavy atom. The predicted octanol–water partition coefficient (Wildman–Crippen LogP) is 2.63. The lowest BCUT2D eigenvalue weighted by molar-refractivity contribution is -0.137. The second kappa shape index (κ2) is 6.08. The molecule has 0 fully saturated rings. The first kappa shape index (κ1) is 15.2. The number of nitrogens with zero attached hydrogens (tertiary/aromatic N) is 2. The average molecular weight is 288 g/mol. The largest absolute Gasteiger partial charge is 0.481 e. The topological polar surface area (TPSA) is 72.2 Å². The third kappa shape index (κ3) is 3.12. The fourth-order valence-corrected chi connectivity index (χ4v) is 2.31. The van der Waals surface area contributed by atoms with Crippen molar-refractivity contribution in [3.63, 3.8) is 0 Å². The first-order valence-corrected chi connectivity index (χ1v) is 7.13. The number of hydrogen-bond acceptors (Lipinski definition) is 3. The maximum atomic E-state index is 12.7. The number of aryl methyl sites for hydroxylation is 1. The van der Waals surface area contributed by atoms with E-state index in [1.807, 2.05) is 32.9 Å². The maximum Gasteiger partial charge on any atom is 0.303 e. The number of aromatic nitrogens is 2. The highest BCUT2D eigenvalue weighted by Gasteiger charge is 2.18. The minimum Gasteiger partial charge on any atom is -0.481 e. The van der Waals surface area contributed by atoms with Gasteiger partial charge in [0.2, 0.25) is 0 Å². The SMILES string of the molecule is CC(C)C(C)n1c(CCC(=O)O)nc2ccccc2c1=O. The summed E-state index contributed by atoms with van der Waals surface area (Å²) >= 11 is 0. The number of aliphatic carboxylic acids is 1. The Balaban J connectivity index is 2.65. The van der Waals surface area contributed by atoms with Crippen LogP contribution in [0.4, 0.5) is 0 Å². The van der Waals surface area contributed by atoms with Gasteiger partial charge < -0.3 is 5.11 Å². The van der Waals surface area contributed by atoms with Crippen LogP contribution < -0.4 is 5.56 Å². The van der Waals surface area contributed by atoms with Crippen LogP contribution >= 0.6 is 0 Å². The van der Waals surface area contributed by atoms with E-state index >= 15 is 0 Å². The molecule has 0 spiro atoms. The van der Waals surface area contributed by atoms with Crippen molar-refractivity contribution in [3.05, 3.63) is 40.4 Å². The minimum absolute atomic E-state index is 0.0293. The van der Waals surface area contributed by atoms with Gasteiger partial charge in [0.25, 0.3) is 5.56 Å². The summed E-state index contributed by atoms with van der Waals surface area (Å²) in [5.74, 6) is -0.0855. The van der Waals surface area contributed by atoms with Gasteiger partial charge in [-0.3, -0.25) is 14.2 Å². The molecule has 5 nitrogen and oxygen atoms in total. The van der Waals surface area contributed by atoms with Crippen LogP contribution in [0.1, 0.15) is 39.1 Å². The zero-order valence-corrected chi connectivity index (χ0v) is 12.5. The van der Waals surface area contributed by atoms with Gasteiger partial charge in [0, 0.05) is 12.5 Å². The van der Waals surface area contributed by atoms with Crippen LogP contribution in [0.3, 0.4) is 0 Å². The summed E-state index contributed by atoms with van der Waals surface area (Å²) in [6.45, 7) is 6.04. The summed E-state index contributed by atoms with van der Waals surface area (Å²) in [7, 11) is 0. The number of para-hydroxylation sites is 1. The van der Waals surface area contributed by atoms with E-state index in [2.05, 4.69) is 4.98 Å². The normalized spacial score (nSPS) is 12.8. The van der Waals surface area contributed by atoms with E-state index < -0.39 is 5.97 Å². The van der Waals surface area contributed by atoms with Gasteiger partial charge in [0.1, 0.15) is 5.82 Å². The van der Waals surface area contributed by atoms with Crippen LogP contribution in [0.15, 0.2) is 29.1 Å². The second-order valence-corrected chi connectivity index (χ2v) is 5.60. The third-order valence-electron chi connectivity index (χ3n) is 3.82. The Bertz CT molecular complexity index is 719. The molecule has 0 saturated carbocycles. The van der Waals surface area contributed by atoms with Gasteiger partial charge in [-0.15, -0.1) is 0 Å². The first-order valence-electron chi connectivity index (χ1n) is 7.13. The summed E-state index contributed by atoms with van der Waals surface area (Å²) < 4.78 is 1.65. The molecule has 0 aliphatic rings. The van der Waals surface area contributed by atoms with Crippen molar-refractivity contribution < 1.29 is 9.90 Å². The molecule has 1 heterocycles. The van der Waals surface area contributed by atoms with Gasteiger partial charge >= 0.3 is 5.97 Å². The van der Waals surface area contributed by atoms with E-state index in [9.17, 15) is 9.59 Å². The molecular weight excluding hydrogens is 268 g/mol. The number of hydrogen-bond donors (Lipinski definition) is 1. The number of carboxylic acid groups (broad SMARTS) is 1. The molecule has 1 atom stereocenters. The van der Waals surface area contributed by atoms with Gasteiger partial charge in [-0.1, -0.05) is 26.0 Å². The molecule has 112 valence electrons. The molecule has 0 saturated heterocycles. The Kier molecular flexibility index (Phi) is 4.40. The molecule has 5 heteroatoms. The van der Waals surface area contributed by atoms with Crippen molar-refractivity contribution in [3.8, 4) is 0 Å². The van der Waals surface area contributed by atoms with Crippen LogP contribution in [0.25, 0.3) is 10.9 Å². The quantitative estimate of drug-likeness (QED) is 0.918. The molecule has 1 unspecified atom stereocenters. The summed E-state index contributed by atoms with van der Waals surface area (Å²) in [5, 5.41) is 9.45. The summed E-state index contributed by atoms with van der Waals surface area (Å²) in [4.78, 5) is 28.0. The van der Waals surface area contributed by atoms with Crippen molar-refractivity contribution in [2.45, 2.75) is 39.7 Å². The van der Waals surface area contributed by atoms with Crippen LogP contribution in [0.5, 0.6) is 0 Å². The molecule has 0 aliphatic carbocycles. The number of fused-ring (bicyclic) bond motifs is 1. The molecule has 1 aromatic carbocycles. The second-order valence-electron chi connectivity index (χ2n) is 5.60. The van der Waals surface area contributed by atoms with Crippen LogP contribution in [0.2, 0.25) is 0 Å². The molecule has 0 radical (unpaired) electrons. The summed E-state index contributed by atoms with van der Waals surface area (Å²) in [5.41, 5.74) is 0.525.